The van der Waals surface area contributed by atoms with Crippen molar-refractivity contribution in [2.75, 3.05) is 0 Å². The molecule has 2 heteroatoms. The fourth-order valence-corrected chi connectivity index (χ4v) is 1.10. The Morgan fingerprint density at radius 1 is 1.25 bits per heavy atom. The summed E-state index contributed by atoms with van der Waals surface area (Å²) in [7, 11) is 0. The number of ketones is 1. The van der Waals surface area contributed by atoms with Crippen LogP contribution in [0.5, 0.6) is 0 Å². The van der Waals surface area contributed by atoms with Gasteiger partial charge in [0.2, 0.25) is 0 Å². The Morgan fingerprint density at radius 3 is 2.25 bits per heavy atom. The topological polar surface area (TPSA) is 17.1 Å². The van der Waals surface area contributed by atoms with Gasteiger partial charge in [-0.3, -0.25) is 4.79 Å². The van der Waals surface area contributed by atoms with E-state index in [2.05, 4.69) is 0 Å². The molecule has 0 saturated heterocycles. The van der Waals surface area contributed by atoms with Crippen molar-refractivity contribution in [1.29, 1.82) is 0 Å². The number of rotatable bonds is 0. The average Bonchev–Trinajstić information content (AvgIpc) is 1.77. The van der Waals surface area contributed by atoms with E-state index in [1.165, 1.54) is 0 Å². The molecule has 0 amide bonds. The van der Waals surface area contributed by atoms with Gasteiger partial charge in [0.05, 0.1) is 4.86 Å². The predicted molar refractivity (Wildman–Crippen MR) is 36.1 cm³/mol. The van der Waals surface area contributed by atoms with Crippen LogP contribution in [0.25, 0.3) is 0 Å². The third kappa shape index (κ3) is 1.13. The summed E-state index contributed by atoms with van der Waals surface area (Å²) in [5.74, 6) is 0.200. The van der Waals surface area contributed by atoms with Crippen molar-refractivity contribution in [3.8, 4) is 0 Å². The molecular formula is C6H8OS. The van der Waals surface area contributed by atoms with Gasteiger partial charge in [0.1, 0.15) is 0 Å². The molecule has 44 valence electrons. The van der Waals surface area contributed by atoms with Gasteiger partial charge in [-0.1, -0.05) is 12.2 Å². The minimum Gasteiger partial charge on any atom is -0.294 e. The zero-order chi connectivity index (χ0) is 5.98. The van der Waals surface area contributed by atoms with Crippen molar-refractivity contribution in [2.45, 2.75) is 25.7 Å². The molecule has 0 spiro atoms. The van der Waals surface area contributed by atoms with Crippen molar-refractivity contribution in [3.05, 3.63) is 0 Å². The summed E-state index contributed by atoms with van der Waals surface area (Å²) < 4.78 is 0. The smallest absolute Gasteiger partial charge is 0.169 e. The number of hydrogen-bond donors (Lipinski definition) is 0. The molecule has 0 aromatic heterocycles. The highest BCUT2D eigenvalue weighted by Gasteiger charge is 2.13. The maximum atomic E-state index is 10.7. The Morgan fingerprint density at radius 2 is 1.88 bits per heavy atom. The van der Waals surface area contributed by atoms with E-state index in [4.69, 9.17) is 12.2 Å². The van der Waals surface area contributed by atoms with Gasteiger partial charge in [0.15, 0.2) is 5.78 Å². The molecule has 0 aromatic carbocycles. The van der Waals surface area contributed by atoms with Crippen molar-refractivity contribution in [1.82, 2.24) is 0 Å². The Balaban J connectivity index is 2.52. The van der Waals surface area contributed by atoms with Gasteiger partial charge < -0.3 is 0 Å². The van der Waals surface area contributed by atoms with Crippen LogP contribution < -0.4 is 0 Å². The molecule has 1 aliphatic rings. The quantitative estimate of drug-likeness (QED) is 0.460. The van der Waals surface area contributed by atoms with Crippen molar-refractivity contribution < 1.29 is 4.79 Å². The lowest BCUT2D eigenvalue weighted by atomic mass is 9.99. The minimum absolute atomic E-state index is 0.200. The maximum absolute atomic E-state index is 10.7. The third-order valence-corrected chi connectivity index (χ3v) is 1.80. The number of hydrogen-bond acceptors (Lipinski definition) is 2. The van der Waals surface area contributed by atoms with Crippen LogP contribution in [0.3, 0.4) is 0 Å². The van der Waals surface area contributed by atoms with Gasteiger partial charge >= 0.3 is 0 Å². The Labute approximate surface area is 54.1 Å². The molecule has 0 bridgehead atoms. The van der Waals surface area contributed by atoms with Crippen molar-refractivity contribution in [3.63, 3.8) is 0 Å². The number of Topliss-reactive ketones (excluding diaryl/α,β-unsaturated/α-hetero) is 1. The predicted octanol–water partition coefficient (Wildman–Crippen LogP) is 1.50. The zero-order valence-electron chi connectivity index (χ0n) is 4.64. The first-order chi connectivity index (χ1) is 3.80. The molecule has 0 atom stereocenters. The lowest BCUT2D eigenvalue weighted by Gasteiger charge is -2.07. The Hall–Kier alpha value is -0.240. The number of carbonyl (C=O) groups excluding carboxylic acids is 1. The van der Waals surface area contributed by atoms with Crippen LogP contribution >= 0.6 is 12.2 Å². The second kappa shape index (κ2) is 2.35. The third-order valence-electron chi connectivity index (χ3n) is 1.37. The summed E-state index contributed by atoms with van der Waals surface area (Å²) in [6.07, 6.45) is 3.70. The van der Waals surface area contributed by atoms with E-state index in [-0.39, 0.29) is 5.78 Å². The summed E-state index contributed by atoms with van der Waals surface area (Å²) >= 11 is 4.78. The molecule has 1 aliphatic carbocycles. The van der Waals surface area contributed by atoms with E-state index < -0.39 is 0 Å². The first-order valence-corrected chi connectivity index (χ1v) is 3.27. The SMILES string of the molecule is O=C1CCCCC1=S. The lowest BCUT2D eigenvalue weighted by Crippen LogP contribution is -2.15. The summed E-state index contributed by atoms with van der Waals surface area (Å²) in [5, 5.41) is 0. The van der Waals surface area contributed by atoms with E-state index in [9.17, 15) is 4.79 Å². The van der Waals surface area contributed by atoms with Crippen molar-refractivity contribution >= 4 is 22.9 Å². The summed E-state index contributed by atoms with van der Waals surface area (Å²) in [6.45, 7) is 0. The van der Waals surface area contributed by atoms with Gasteiger partial charge in [-0.25, -0.2) is 0 Å². The van der Waals surface area contributed by atoms with Crippen molar-refractivity contribution in [2.24, 2.45) is 0 Å². The number of thiocarbonyl (C=S) groups is 1. The minimum atomic E-state index is 0.200. The van der Waals surface area contributed by atoms with Crippen LogP contribution in [0, 0.1) is 0 Å². The van der Waals surface area contributed by atoms with Crippen LogP contribution in [-0.4, -0.2) is 10.6 Å². The second-order valence-electron chi connectivity index (χ2n) is 2.05. The summed E-state index contributed by atoms with van der Waals surface area (Å²) in [4.78, 5) is 11.3. The molecule has 1 nitrogen and oxygen atoms in total. The molecular weight excluding hydrogens is 120 g/mol. The highest BCUT2D eigenvalue weighted by atomic mass is 32.1. The van der Waals surface area contributed by atoms with Crippen LogP contribution in [0.4, 0.5) is 0 Å². The first-order valence-electron chi connectivity index (χ1n) is 2.87. The molecule has 8 heavy (non-hydrogen) atoms. The van der Waals surface area contributed by atoms with Crippen LogP contribution in [0.15, 0.2) is 0 Å². The molecule has 0 aromatic rings. The molecule has 1 fully saturated rings. The van der Waals surface area contributed by atoms with Gasteiger partial charge in [-0.15, -0.1) is 0 Å². The van der Waals surface area contributed by atoms with Crippen LogP contribution in [-0.2, 0) is 4.79 Å². The summed E-state index contributed by atoms with van der Waals surface area (Å²) in [6, 6.07) is 0. The van der Waals surface area contributed by atoms with Crippen LogP contribution in [0.2, 0.25) is 0 Å². The monoisotopic (exact) mass is 128 g/mol. The average molecular weight is 128 g/mol. The van der Waals surface area contributed by atoms with Gasteiger partial charge in [0.25, 0.3) is 0 Å². The maximum Gasteiger partial charge on any atom is 0.169 e. The standard InChI is InChI=1S/C6H8OS/c7-5-3-1-2-4-6(5)8/h1-4H2. The van der Waals surface area contributed by atoms with Gasteiger partial charge in [0, 0.05) is 6.42 Å². The summed E-state index contributed by atoms with van der Waals surface area (Å²) in [5.41, 5.74) is 0. The largest absolute Gasteiger partial charge is 0.294 e. The van der Waals surface area contributed by atoms with Crippen LogP contribution in [0.1, 0.15) is 25.7 Å². The zero-order valence-corrected chi connectivity index (χ0v) is 5.46. The Kier molecular flexibility index (Phi) is 1.73. The highest BCUT2D eigenvalue weighted by molar-refractivity contribution is 7.82. The normalized spacial score (nSPS) is 21.5. The van der Waals surface area contributed by atoms with E-state index in [0.717, 1.165) is 19.3 Å². The van der Waals surface area contributed by atoms with Gasteiger partial charge in [-0.05, 0) is 19.3 Å². The highest BCUT2D eigenvalue weighted by Crippen LogP contribution is 2.11. The molecule has 0 aliphatic heterocycles. The van der Waals surface area contributed by atoms with E-state index >= 15 is 0 Å². The van der Waals surface area contributed by atoms with E-state index in [1.807, 2.05) is 0 Å². The molecule has 0 radical (unpaired) electrons. The Bertz CT molecular complexity index is 112. The molecule has 0 N–H and O–H groups in total. The number of carbonyl (C=O) groups is 1. The van der Waals surface area contributed by atoms with E-state index in [0.29, 0.717) is 11.3 Å². The molecule has 0 heterocycles. The van der Waals surface area contributed by atoms with Gasteiger partial charge in [-0.2, -0.15) is 0 Å². The fourth-order valence-electron chi connectivity index (χ4n) is 0.850. The fraction of sp³-hybridized carbons (Fsp3) is 0.667. The second-order valence-corrected chi connectivity index (χ2v) is 2.55. The lowest BCUT2D eigenvalue weighted by molar-refractivity contribution is -0.113. The molecule has 1 saturated carbocycles. The first kappa shape index (κ1) is 5.89. The molecule has 1 rings (SSSR count). The molecule has 0 unspecified atom stereocenters. The van der Waals surface area contributed by atoms with E-state index in [1.54, 1.807) is 0 Å².